The normalized spacial score (nSPS) is 14.5. The molecule has 0 unspecified atom stereocenters. The van der Waals surface area contributed by atoms with Crippen molar-refractivity contribution in [2.45, 2.75) is 20.8 Å². The Labute approximate surface area is 199 Å². The second-order valence-corrected chi connectivity index (χ2v) is 7.23. The third kappa shape index (κ3) is 4.57. The minimum Gasteiger partial charge on any atom is -0.494 e. The molecule has 0 spiro atoms. The van der Waals surface area contributed by atoms with E-state index in [1.54, 1.807) is 56.3 Å². The van der Waals surface area contributed by atoms with Crippen molar-refractivity contribution in [2.75, 3.05) is 39.4 Å². The Balaban J connectivity index is 2.15. The third-order valence-corrected chi connectivity index (χ3v) is 5.32. The van der Waals surface area contributed by atoms with Crippen molar-refractivity contribution in [1.29, 1.82) is 0 Å². The van der Waals surface area contributed by atoms with Gasteiger partial charge in [-0.2, -0.15) is 0 Å². The molecule has 1 aliphatic rings. The summed E-state index contributed by atoms with van der Waals surface area (Å²) in [4.78, 5) is 28.0. The molecule has 8 heteroatoms. The number of carbonyl (C=O) groups is 2. The molecule has 0 radical (unpaired) electrons. The Kier molecular flexibility index (Phi) is 7.83. The van der Waals surface area contributed by atoms with Crippen LogP contribution in [0.2, 0.25) is 0 Å². The van der Waals surface area contributed by atoms with E-state index in [1.165, 1.54) is 26.2 Å². The van der Waals surface area contributed by atoms with Gasteiger partial charge in [-0.1, -0.05) is 0 Å². The summed E-state index contributed by atoms with van der Waals surface area (Å²) in [5.74, 6) is 0.992. The molecule has 1 amide bonds. The standard InChI is InChI=1S/C26H29NO7/c1-7-33-19-12-10-18(11-13-19)27-16(3)22(26(29)34-8-2)20(25(27)28)15-17-9-14-21(30-4)24(32-6)23(17)31-5/h9-15H,7-8H2,1-6H3/b20-15-. The maximum atomic E-state index is 13.6. The van der Waals surface area contributed by atoms with E-state index < -0.39 is 5.97 Å². The largest absolute Gasteiger partial charge is 0.494 e. The van der Waals surface area contributed by atoms with Crippen LogP contribution in [0.3, 0.4) is 0 Å². The van der Waals surface area contributed by atoms with Crippen molar-refractivity contribution in [2.24, 2.45) is 0 Å². The maximum Gasteiger partial charge on any atom is 0.340 e. The zero-order valence-corrected chi connectivity index (χ0v) is 20.3. The van der Waals surface area contributed by atoms with Crippen molar-refractivity contribution in [3.8, 4) is 23.0 Å². The Morgan fingerprint density at radius 2 is 1.59 bits per heavy atom. The van der Waals surface area contributed by atoms with Crippen molar-refractivity contribution in [1.82, 2.24) is 0 Å². The van der Waals surface area contributed by atoms with E-state index >= 15 is 0 Å². The van der Waals surface area contributed by atoms with Crippen molar-refractivity contribution in [3.63, 3.8) is 0 Å². The van der Waals surface area contributed by atoms with Crippen LogP contribution in [-0.2, 0) is 14.3 Å². The second-order valence-electron chi connectivity index (χ2n) is 7.23. The summed E-state index contributed by atoms with van der Waals surface area (Å²) in [6.45, 7) is 6.05. The lowest BCUT2D eigenvalue weighted by atomic mass is 10.0. The van der Waals surface area contributed by atoms with Crippen LogP contribution in [-0.4, -0.2) is 46.4 Å². The molecule has 2 aromatic rings. The predicted octanol–water partition coefficient (Wildman–Crippen LogP) is 4.38. The molecule has 180 valence electrons. The zero-order valence-electron chi connectivity index (χ0n) is 20.3. The number of nitrogens with zero attached hydrogens (tertiary/aromatic N) is 1. The van der Waals surface area contributed by atoms with Gasteiger partial charge in [0.15, 0.2) is 11.5 Å². The molecule has 0 bridgehead atoms. The molecule has 3 rings (SSSR count). The molecule has 1 aliphatic heterocycles. The lowest BCUT2D eigenvalue weighted by Gasteiger charge is -2.18. The van der Waals surface area contributed by atoms with Crippen molar-refractivity contribution in [3.05, 3.63) is 58.8 Å². The first kappa shape index (κ1) is 24.7. The van der Waals surface area contributed by atoms with E-state index in [0.29, 0.717) is 46.6 Å². The lowest BCUT2D eigenvalue weighted by molar-refractivity contribution is -0.138. The number of hydrogen-bond donors (Lipinski definition) is 0. The predicted molar refractivity (Wildman–Crippen MR) is 129 cm³/mol. The molecule has 1 heterocycles. The van der Waals surface area contributed by atoms with E-state index in [1.807, 2.05) is 6.92 Å². The van der Waals surface area contributed by atoms with E-state index in [9.17, 15) is 9.59 Å². The Morgan fingerprint density at radius 3 is 2.15 bits per heavy atom. The average Bonchev–Trinajstić information content (AvgIpc) is 3.08. The van der Waals surface area contributed by atoms with Gasteiger partial charge in [0.1, 0.15) is 5.75 Å². The molecule has 0 atom stereocenters. The zero-order chi connectivity index (χ0) is 24.8. The summed E-state index contributed by atoms with van der Waals surface area (Å²) >= 11 is 0. The lowest BCUT2D eigenvalue weighted by Crippen LogP contribution is -2.24. The first-order valence-corrected chi connectivity index (χ1v) is 10.9. The smallest absolute Gasteiger partial charge is 0.340 e. The minimum absolute atomic E-state index is 0.180. The van der Waals surface area contributed by atoms with Crippen LogP contribution >= 0.6 is 0 Å². The SMILES string of the molecule is CCOC(=O)C1=C(C)N(c2ccc(OCC)cc2)C(=O)/C1=C\c1ccc(OC)c(OC)c1OC. The van der Waals surface area contributed by atoms with Crippen LogP contribution in [0, 0.1) is 0 Å². The molecule has 8 nitrogen and oxygen atoms in total. The number of ether oxygens (including phenoxy) is 5. The van der Waals surface area contributed by atoms with Crippen LogP contribution in [0.5, 0.6) is 23.0 Å². The van der Waals surface area contributed by atoms with Gasteiger partial charge in [0.25, 0.3) is 5.91 Å². The van der Waals surface area contributed by atoms with Gasteiger partial charge < -0.3 is 23.7 Å². The highest BCUT2D eigenvalue weighted by atomic mass is 16.5. The molecule has 2 aromatic carbocycles. The summed E-state index contributed by atoms with van der Waals surface area (Å²) in [5.41, 5.74) is 2.01. The fraction of sp³-hybridized carbons (Fsp3) is 0.308. The topological polar surface area (TPSA) is 83.5 Å². The molecule has 0 aliphatic carbocycles. The number of esters is 1. The van der Waals surface area contributed by atoms with E-state index in [4.69, 9.17) is 23.7 Å². The fourth-order valence-electron chi connectivity index (χ4n) is 3.84. The molecule has 34 heavy (non-hydrogen) atoms. The number of benzene rings is 2. The molecular weight excluding hydrogens is 438 g/mol. The summed E-state index contributed by atoms with van der Waals surface area (Å²) < 4.78 is 27.1. The number of methoxy groups -OCH3 is 3. The average molecular weight is 468 g/mol. The highest BCUT2D eigenvalue weighted by Gasteiger charge is 2.38. The number of amides is 1. The van der Waals surface area contributed by atoms with E-state index in [2.05, 4.69) is 0 Å². The molecule has 0 aromatic heterocycles. The Hall–Kier alpha value is -3.94. The Bertz CT molecular complexity index is 1130. The molecule has 0 fully saturated rings. The van der Waals surface area contributed by atoms with Crippen LogP contribution in [0.25, 0.3) is 6.08 Å². The van der Waals surface area contributed by atoms with Gasteiger partial charge >= 0.3 is 5.97 Å². The van der Waals surface area contributed by atoms with Crippen LogP contribution < -0.4 is 23.8 Å². The van der Waals surface area contributed by atoms with Gasteiger partial charge in [-0.05, 0) is 63.2 Å². The van der Waals surface area contributed by atoms with E-state index in [0.717, 1.165) is 0 Å². The molecule has 0 saturated carbocycles. The summed E-state index contributed by atoms with van der Waals surface area (Å²) in [6, 6.07) is 10.5. The third-order valence-electron chi connectivity index (χ3n) is 5.32. The highest BCUT2D eigenvalue weighted by molar-refractivity contribution is 6.24. The van der Waals surface area contributed by atoms with Crippen molar-refractivity contribution >= 4 is 23.6 Å². The monoisotopic (exact) mass is 467 g/mol. The van der Waals surface area contributed by atoms with Crippen LogP contribution in [0.1, 0.15) is 26.3 Å². The van der Waals surface area contributed by atoms with Gasteiger partial charge in [0, 0.05) is 16.9 Å². The highest BCUT2D eigenvalue weighted by Crippen LogP contribution is 2.42. The summed E-state index contributed by atoms with van der Waals surface area (Å²) in [5, 5.41) is 0. The molecule has 0 saturated heterocycles. The molecular formula is C26H29NO7. The Morgan fingerprint density at radius 1 is 0.912 bits per heavy atom. The van der Waals surface area contributed by atoms with Gasteiger partial charge in [0.2, 0.25) is 5.75 Å². The number of anilines is 1. The minimum atomic E-state index is -0.576. The molecule has 0 N–H and O–H groups in total. The fourth-order valence-corrected chi connectivity index (χ4v) is 3.84. The summed E-state index contributed by atoms with van der Waals surface area (Å²) in [7, 11) is 4.52. The van der Waals surface area contributed by atoms with Gasteiger partial charge in [-0.3, -0.25) is 9.69 Å². The number of hydrogen-bond acceptors (Lipinski definition) is 7. The summed E-state index contributed by atoms with van der Waals surface area (Å²) in [6.07, 6.45) is 1.60. The number of allylic oxidation sites excluding steroid dienone is 1. The van der Waals surface area contributed by atoms with Gasteiger partial charge in [-0.15, -0.1) is 0 Å². The number of rotatable bonds is 9. The van der Waals surface area contributed by atoms with E-state index in [-0.39, 0.29) is 23.7 Å². The van der Waals surface area contributed by atoms with Crippen molar-refractivity contribution < 1.29 is 33.3 Å². The number of carbonyl (C=O) groups excluding carboxylic acids is 2. The first-order valence-electron chi connectivity index (χ1n) is 10.9. The first-order chi connectivity index (χ1) is 16.4. The van der Waals surface area contributed by atoms with Crippen LogP contribution in [0.4, 0.5) is 5.69 Å². The van der Waals surface area contributed by atoms with Gasteiger partial charge in [-0.25, -0.2) is 4.79 Å². The van der Waals surface area contributed by atoms with Gasteiger partial charge in [0.05, 0.1) is 45.7 Å². The maximum absolute atomic E-state index is 13.6. The van der Waals surface area contributed by atoms with Crippen LogP contribution in [0.15, 0.2) is 53.2 Å². The quantitative estimate of drug-likeness (QED) is 0.400. The second kappa shape index (κ2) is 10.8.